The molecule has 1 aliphatic rings. The maximum absolute atomic E-state index is 11.9. The van der Waals surface area contributed by atoms with Crippen LogP contribution in [0.1, 0.15) is 32.6 Å². The largest absolute Gasteiger partial charge is 0.481 e. The molecular weight excluding hydrogens is 232 g/mol. The van der Waals surface area contributed by atoms with Crippen molar-refractivity contribution in [2.24, 2.45) is 5.92 Å². The Morgan fingerprint density at radius 1 is 1.44 bits per heavy atom. The predicted molar refractivity (Wildman–Crippen MR) is 69.3 cm³/mol. The van der Waals surface area contributed by atoms with Crippen LogP contribution in [0.25, 0.3) is 0 Å². The Bertz CT molecular complexity index is 294. The van der Waals surface area contributed by atoms with Crippen molar-refractivity contribution in [3.05, 3.63) is 0 Å². The Balaban J connectivity index is 2.37. The van der Waals surface area contributed by atoms with Crippen LogP contribution in [-0.4, -0.2) is 60.0 Å². The molecule has 0 aromatic carbocycles. The van der Waals surface area contributed by atoms with Crippen molar-refractivity contribution in [1.29, 1.82) is 0 Å². The van der Waals surface area contributed by atoms with E-state index in [0.717, 1.165) is 38.8 Å². The SMILES string of the molecule is CCCCN(C)C(=O)CN1CCCC(C(=O)O)C1. The van der Waals surface area contributed by atoms with Gasteiger partial charge in [-0.25, -0.2) is 0 Å². The Hall–Kier alpha value is -1.10. The zero-order valence-corrected chi connectivity index (χ0v) is 11.4. The molecule has 1 N–H and O–H groups in total. The summed E-state index contributed by atoms with van der Waals surface area (Å²) < 4.78 is 0. The quantitative estimate of drug-likeness (QED) is 0.771. The maximum atomic E-state index is 11.9. The lowest BCUT2D eigenvalue weighted by atomic mass is 9.98. The highest BCUT2D eigenvalue weighted by Gasteiger charge is 2.26. The zero-order chi connectivity index (χ0) is 13.5. The molecule has 1 unspecified atom stereocenters. The van der Waals surface area contributed by atoms with Crippen LogP contribution in [0.5, 0.6) is 0 Å². The molecule has 0 aromatic rings. The van der Waals surface area contributed by atoms with E-state index in [1.165, 1.54) is 0 Å². The second kappa shape index (κ2) is 7.36. The molecule has 5 heteroatoms. The van der Waals surface area contributed by atoms with Crippen LogP contribution in [0, 0.1) is 5.92 Å². The van der Waals surface area contributed by atoms with Crippen molar-refractivity contribution >= 4 is 11.9 Å². The van der Waals surface area contributed by atoms with Crippen LogP contribution >= 0.6 is 0 Å². The second-order valence-electron chi connectivity index (χ2n) is 5.08. The highest BCUT2D eigenvalue weighted by Crippen LogP contribution is 2.16. The lowest BCUT2D eigenvalue weighted by Gasteiger charge is -2.31. The Morgan fingerprint density at radius 2 is 2.17 bits per heavy atom. The summed E-state index contributed by atoms with van der Waals surface area (Å²) in [5.41, 5.74) is 0. The lowest BCUT2D eigenvalue weighted by molar-refractivity contribution is -0.144. The molecule has 1 aliphatic heterocycles. The Labute approximate surface area is 109 Å². The summed E-state index contributed by atoms with van der Waals surface area (Å²) in [5, 5.41) is 8.99. The molecule has 0 bridgehead atoms. The molecule has 1 heterocycles. The number of carboxylic acid groups (broad SMARTS) is 1. The molecule has 1 atom stereocenters. The van der Waals surface area contributed by atoms with Crippen LogP contribution in [0.3, 0.4) is 0 Å². The topological polar surface area (TPSA) is 60.9 Å². The van der Waals surface area contributed by atoms with Gasteiger partial charge in [-0.3, -0.25) is 14.5 Å². The van der Waals surface area contributed by atoms with E-state index in [9.17, 15) is 9.59 Å². The number of amides is 1. The smallest absolute Gasteiger partial charge is 0.307 e. The van der Waals surface area contributed by atoms with Gasteiger partial charge >= 0.3 is 5.97 Å². The summed E-state index contributed by atoms with van der Waals surface area (Å²) >= 11 is 0. The third-order valence-electron chi connectivity index (χ3n) is 3.49. The van der Waals surface area contributed by atoms with Crippen LogP contribution in [0.2, 0.25) is 0 Å². The van der Waals surface area contributed by atoms with Crippen LogP contribution < -0.4 is 0 Å². The normalized spacial score (nSPS) is 20.7. The number of likely N-dealkylation sites (N-methyl/N-ethyl adjacent to an activating group) is 1. The summed E-state index contributed by atoms with van der Waals surface area (Å²) in [5.74, 6) is -0.964. The number of carbonyl (C=O) groups excluding carboxylic acids is 1. The highest BCUT2D eigenvalue weighted by atomic mass is 16.4. The number of carbonyl (C=O) groups is 2. The van der Waals surface area contributed by atoms with E-state index < -0.39 is 5.97 Å². The van der Waals surface area contributed by atoms with Gasteiger partial charge in [-0.2, -0.15) is 0 Å². The van der Waals surface area contributed by atoms with Crippen molar-refractivity contribution in [2.45, 2.75) is 32.6 Å². The molecule has 18 heavy (non-hydrogen) atoms. The zero-order valence-electron chi connectivity index (χ0n) is 11.4. The molecule has 0 aliphatic carbocycles. The number of hydrogen-bond donors (Lipinski definition) is 1. The number of rotatable bonds is 6. The van der Waals surface area contributed by atoms with E-state index in [2.05, 4.69) is 6.92 Å². The van der Waals surface area contributed by atoms with Crippen LogP contribution in [0.15, 0.2) is 0 Å². The molecule has 0 aromatic heterocycles. The first-order valence-electron chi connectivity index (χ1n) is 6.73. The van der Waals surface area contributed by atoms with Gasteiger partial charge in [0.1, 0.15) is 0 Å². The van der Waals surface area contributed by atoms with E-state index in [0.29, 0.717) is 13.1 Å². The van der Waals surface area contributed by atoms with E-state index >= 15 is 0 Å². The van der Waals surface area contributed by atoms with Gasteiger partial charge < -0.3 is 10.0 Å². The van der Waals surface area contributed by atoms with Gasteiger partial charge in [0, 0.05) is 20.1 Å². The molecule has 0 radical (unpaired) electrons. The minimum atomic E-state index is -0.744. The maximum Gasteiger partial charge on any atom is 0.307 e. The summed E-state index contributed by atoms with van der Waals surface area (Å²) in [4.78, 5) is 26.6. The minimum absolute atomic E-state index is 0.0921. The number of piperidine rings is 1. The number of aliphatic carboxylic acids is 1. The van der Waals surface area contributed by atoms with E-state index in [-0.39, 0.29) is 11.8 Å². The van der Waals surface area contributed by atoms with Gasteiger partial charge in [-0.05, 0) is 25.8 Å². The molecule has 0 saturated carbocycles. The average Bonchev–Trinajstić information content (AvgIpc) is 2.36. The summed E-state index contributed by atoms with van der Waals surface area (Å²) in [6.45, 7) is 4.57. The first-order chi connectivity index (χ1) is 8.54. The van der Waals surface area contributed by atoms with Gasteiger partial charge in [0.25, 0.3) is 0 Å². The third-order valence-corrected chi connectivity index (χ3v) is 3.49. The van der Waals surface area contributed by atoms with E-state index in [1.54, 1.807) is 4.90 Å². The number of likely N-dealkylation sites (tertiary alicyclic amines) is 1. The summed E-state index contributed by atoms with van der Waals surface area (Å²) in [6, 6.07) is 0. The van der Waals surface area contributed by atoms with Gasteiger partial charge in [-0.1, -0.05) is 13.3 Å². The third kappa shape index (κ3) is 4.64. The van der Waals surface area contributed by atoms with Gasteiger partial charge in [0.15, 0.2) is 0 Å². The fourth-order valence-electron chi connectivity index (χ4n) is 2.23. The average molecular weight is 256 g/mol. The van der Waals surface area contributed by atoms with Crippen molar-refractivity contribution in [3.8, 4) is 0 Å². The Morgan fingerprint density at radius 3 is 2.78 bits per heavy atom. The van der Waals surface area contributed by atoms with Gasteiger partial charge in [0.05, 0.1) is 12.5 Å². The van der Waals surface area contributed by atoms with Crippen LogP contribution in [-0.2, 0) is 9.59 Å². The Kier molecular flexibility index (Phi) is 6.12. The highest BCUT2D eigenvalue weighted by molar-refractivity contribution is 5.78. The molecule has 1 rings (SSSR count). The van der Waals surface area contributed by atoms with E-state index in [4.69, 9.17) is 5.11 Å². The number of carboxylic acids is 1. The molecular formula is C13H24N2O3. The van der Waals surface area contributed by atoms with Crippen molar-refractivity contribution in [3.63, 3.8) is 0 Å². The van der Waals surface area contributed by atoms with Crippen LogP contribution in [0.4, 0.5) is 0 Å². The van der Waals surface area contributed by atoms with Gasteiger partial charge in [-0.15, -0.1) is 0 Å². The number of unbranched alkanes of at least 4 members (excludes halogenated alkanes) is 1. The molecule has 1 saturated heterocycles. The molecule has 1 fully saturated rings. The van der Waals surface area contributed by atoms with E-state index in [1.807, 2.05) is 11.9 Å². The summed E-state index contributed by atoms with van der Waals surface area (Å²) in [7, 11) is 1.82. The minimum Gasteiger partial charge on any atom is -0.481 e. The number of hydrogen-bond acceptors (Lipinski definition) is 3. The predicted octanol–water partition coefficient (Wildman–Crippen LogP) is 1.04. The fourth-order valence-corrected chi connectivity index (χ4v) is 2.23. The number of nitrogens with zero attached hydrogens (tertiary/aromatic N) is 2. The molecule has 104 valence electrons. The second-order valence-corrected chi connectivity index (χ2v) is 5.08. The van der Waals surface area contributed by atoms with Gasteiger partial charge in [0.2, 0.25) is 5.91 Å². The monoisotopic (exact) mass is 256 g/mol. The molecule has 0 spiro atoms. The van der Waals surface area contributed by atoms with Crippen molar-refractivity contribution < 1.29 is 14.7 Å². The lowest BCUT2D eigenvalue weighted by Crippen LogP contribution is -2.44. The first kappa shape index (κ1) is 15.0. The first-order valence-corrected chi connectivity index (χ1v) is 6.73. The van der Waals surface area contributed by atoms with Crippen molar-refractivity contribution in [2.75, 3.05) is 33.2 Å². The standard InChI is InChI=1S/C13H24N2O3/c1-3-4-7-14(2)12(16)10-15-8-5-6-11(9-15)13(17)18/h11H,3-10H2,1-2H3,(H,17,18). The fraction of sp³-hybridized carbons (Fsp3) is 0.846. The molecule has 5 nitrogen and oxygen atoms in total. The molecule has 1 amide bonds. The van der Waals surface area contributed by atoms with Crippen molar-refractivity contribution in [1.82, 2.24) is 9.80 Å². The summed E-state index contributed by atoms with van der Waals surface area (Å²) in [6.07, 6.45) is 3.68.